The number of methoxy groups -OCH3 is 1. The van der Waals surface area contributed by atoms with Crippen molar-refractivity contribution < 1.29 is 14.3 Å². The van der Waals surface area contributed by atoms with Crippen molar-refractivity contribution in [2.45, 2.75) is 6.42 Å². The molecule has 0 aromatic heterocycles. The van der Waals surface area contributed by atoms with Gasteiger partial charge in [0.1, 0.15) is 0 Å². The molecule has 19 heavy (non-hydrogen) atoms. The lowest BCUT2D eigenvalue weighted by Crippen LogP contribution is -2.51. The van der Waals surface area contributed by atoms with E-state index in [1.165, 1.54) is 7.11 Å². The van der Waals surface area contributed by atoms with E-state index in [2.05, 4.69) is 15.4 Å². The molecule has 1 saturated heterocycles. The summed E-state index contributed by atoms with van der Waals surface area (Å²) in [6.07, 6.45) is 0.757. The van der Waals surface area contributed by atoms with Crippen molar-refractivity contribution in [3.8, 4) is 0 Å². The number of nitrogens with one attached hydrogen (secondary N) is 2. The van der Waals surface area contributed by atoms with Gasteiger partial charge in [-0.1, -0.05) is 12.1 Å². The predicted molar refractivity (Wildman–Crippen MR) is 70.9 cm³/mol. The molecule has 0 unspecified atom stereocenters. The Morgan fingerprint density at radius 2 is 2.00 bits per heavy atom. The summed E-state index contributed by atoms with van der Waals surface area (Å²) < 4.78 is 4.63. The minimum Gasteiger partial charge on any atom is -0.465 e. The summed E-state index contributed by atoms with van der Waals surface area (Å²) in [7, 11) is 1.36. The van der Waals surface area contributed by atoms with Crippen molar-refractivity contribution in [1.29, 1.82) is 0 Å². The second-order valence-electron chi connectivity index (χ2n) is 4.58. The van der Waals surface area contributed by atoms with Gasteiger partial charge in [0.05, 0.1) is 18.6 Å². The van der Waals surface area contributed by atoms with Crippen LogP contribution in [0.4, 0.5) is 0 Å². The molecule has 5 nitrogen and oxygen atoms in total. The van der Waals surface area contributed by atoms with Crippen LogP contribution in [0.3, 0.4) is 0 Å². The zero-order valence-corrected chi connectivity index (χ0v) is 10.9. The lowest BCUT2D eigenvalue weighted by atomic mass is 10.0. The van der Waals surface area contributed by atoms with Crippen LogP contribution in [0.2, 0.25) is 0 Å². The first-order valence-electron chi connectivity index (χ1n) is 6.36. The van der Waals surface area contributed by atoms with Gasteiger partial charge in [-0.15, -0.1) is 0 Å². The van der Waals surface area contributed by atoms with E-state index in [1.807, 2.05) is 12.1 Å². The summed E-state index contributed by atoms with van der Waals surface area (Å²) >= 11 is 0. The van der Waals surface area contributed by atoms with E-state index in [4.69, 9.17) is 0 Å². The van der Waals surface area contributed by atoms with Crippen molar-refractivity contribution in [3.63, 3.8) is 0 Å². The van der Waals surface area contributed by atoms with Gasteiger partial charge in [-0.05, 0) is 24.1 Å². The first-order chi connectivity index (χ1) is 9.20. The molecule has 0 saturated carbocycles. The number of carbonyl (C=O) groups excluding carboxylic acids is 2. The van der Waals surface area contributed by atoms with Gasteiger partial charge in [0, 0.05) is 19.6 Å². The van der Waals surface area contributed by atoms with Gasteiger partial charge in [0.25, 0.3) is 0 Å². The molecular weight excluding hydrogens is 244 g/mol. The summed E-state index contributed by atoms with van der Waals surface area (Å²) in [5.41, 5.74) is 1.62. The minimum atomic E-state index is -0.336. The van der Waals surface area contributed by atoms with E-state index in [1.54, 1.807) is 12.1 Å². The zero-order valence-electron chi connectivity index (χ0n) is 10.9. The maximum atomic E-state index is 11.6. The molecule has 2 rings (SSSR count). The fourth-order valence-electron chi connectivity index (χ4n) is 1.87. The van der Waals surface area contributed by atoms with Crippen molar-refractivity contribution in [2.75, 3.05) is 26.7 Å². The summed E-state index contributed by atoms with van der Waals surface area (Å²) in [4.78, 5) is 22.8. The van der Waals surface area contributed by atoms with Crippen LogP contribution in [0.25, 0.3) is 0 Å². The zero-order chi connectivity index (χ0) is 13.7. The molecule has 1 fully saturated rings. The Balaban J connectivity index is 1.76. The average Bonchev–Trinajstić information content (AvgIpc) is 2.36. The second kappa shape index (κ2) is 6.33. The predicted octanol–water partition coefficient (Wildman–Crippen LogP) is 0.351. The Labute approximate surface area is 112 Å². The third kappa shape index (κ3) is 3.54. The first kappa shape index (κ1) is 13.5. The van der Waals surface area contributed by atoms with Gasteiger partial charge in [-0.3, -0.25) is 4.79 Å². The third-order valence-electron chi connectivity index (χ3n) is 3.24. The molecule has 1 heterocycles. The maximum absolute atomic E-state index is 11.6. The highest BCUT2D eigenvalue weighted by Crippen LogP contribution is 2.06. The van der Waals surface area contributed by atoms with E-state index in [-0.39, 0.29) is 17.8 Å². The summed E-state index contributed by atoms with van der Waals surface area (Å²) in [5.74, 6) is -0.0935. The van der Waals surface area contributed by atoms with Crippen LogP contribution in [0, 0.1) is 5.92 Å². The minimum absolute atomic E-state index is 0.116. The van der Waals surface area contributed by atoms with E-state index in [0.29, 0.717) is 12.1 Å². The largest absolute Gasteiger partial charge is 0.465 e. The molecule has 0 atom stereocenters. The fourth-order valence-corrected chi connectivity index (χ4v) is 1.87. The molecule has 102 valence electrons. The standard InChI is InChI=1S/C14H18N2O3/c1-19-14(18)11-4-2-10(3-5-11)6-7-16-13(17)12-8-15-9-12/h2-5,12,15H,6-9H2,1H3,(H,16,17). The summed E-state index contributed by atoms with van der Waals surface area (Å²) in [6, 6.07) is 7.23. The van der Waals surface area contributed by atoms with Crippen molar-refractivity contribution >= 4 is 11.9 Å². The molecule has 1 aliphatic heterocycles. The van der Waals surface area contributed by atoms with Crippen LogP contribution < -0.4 is 10.6 Å². The lowest BCUT2D eigenvalue weighted by Gasteiger charge is -2.25. The fraction of sp³-hybridized carbons (Fsp3) is 0.429. The van der Waals surface area contributed by atoms with Crippen molar-refractivity contribution in [3.05, 3.63) is 35.4 Å². The second-order valence-corrected chi connectivity index (χ2v) is 4.58. The van der Waals surface area contributed by atoms with Gasteiger partial charge in [-0.25, -0.2) is 4.79 Å². The van der Waals surface area contributed by atoms with E-state index >= 15 is 0 Å². The Hall–Kier alpha value is -1.88. The third-order valence-corrected chi connectivity index (χ3v) is 3.24. The van der Waals surface area contributed by atoms with Crippen LogP contribution in [0.1, 0.15) is 15.9 Å². The maximum Gasteiger partial charge on any atom is 0.337 e. The van der Waals surface area contributed by atoms with Crippen LogP contribution in [-0.4, -0.2) is 38.6 Å². The van der Waals surface area contributed by atoms with Gasteiger partial charge >= 0.3 is 5.97 Å². The number of hydrogen-bond donors (Lipinski definition) is 2. The molecular formula is C14H18N2O3. The lowest BCUT2D eigenvalue weighted by molar-refractivity contribution is -0.126. The number of benzene rings is 1. The van der Waals surface area contributed by atoms with E-state index < -0.39 is 0 Å². The highest BCUT2D eigenvalue weighted by atomic mass is 16.5. The van der Waals surface area contributed by atoms with Gasteiger partial charge in [-0.2, -0.15) is 0 Å². The molecule has 0 radical (unpaired) electrons. The number of esters is 1. The molecule has 0 spiro atoms. The van der Waals surface area contributed by atoms with Gasteiger partial charge in [0.15, 0.2) is 0 Å². The number of rotatable bonds is 5. The number of hydrogen-bond acceptors (Lipinski definition) is 4. The highest BCUT2D eigenvalue weighted by Gasteiger charge is 2.23. The SMILES string of the molecule is COC(=O)c1ccc(CCNC(=O)C2CNC2)cc1. The number of carbonyl (C=O) groups is 2. The molecule has 0 aliphatic carbocycles. The summed E-state index contributed by atoms with van der Waals surface area (Å²) in [6.45, 7) is 2.17. The quantitative estimate of drug-likeness (QED) is 0.751. The van der Waals surface area contributed by atoms with Crippen molar-refractivity contribution in [2.24, 2.45) is 5.92 Å². The van der Waals surface area contributed by atoms with Crippen molar-refractivity contribution in [1.82, 2.24) is 10.6 Å². The van der Waals surface area contributed by atoms with Crippen LogP contribution in [0.5, 0.6) is 0 Å². The monoisotopic (exact) mass is 262 g/mol. The topological polar surface area (TPSA) is 67.4 Å². The highest BCUT2D eigenvalue weighted by molar-refractivity contribution is 5.89. The summed E-state index contributed by atoms with van der Waals surface area (Å²) in [5, 5.41) is 5.98. The molecule has 1 aromatic rings. The van der Waals surface area contributed by atoms with Gasteiger partial charge in [0.2, 0.25) is 5.91 Å². The Kier molecular flexibility index (Phi) is 4.52. The van der Waals surface area contributed by atoms with Crippen LogP contribution in [0.15, 0.2) is 24.3 Å². The molecule has 0 bridgehead atoms. The van der Waals surface area contributed by atoms with E-state index in [0.717, 1.165) is 25.1 Å². The molecule has 1 amide bonds. The number of amides is 1. The molecule has 2 N–H and O–H groups in total. The average molecular weight is 262 g/mol. The normalized spacial score (nSPS) is 14.6. The first-order valence-corrected chi connectivity index (χ1v) is 6.36. The molecule has 1 aliphatic rings. The Morgan fingerprint density at radius 1 is 1.32 bits per heavy atom. The Bertz CT molecular complexity index is 452. The van der Waals surface area contributed by atoms with Crippen LogP contribution >= 0.6 is 0 Å². The van der Waals surface area contributed by atoms with Gasteiger partial charge < -0.3 is 15.4 Å². The van der Waals surface area contributed by atoms with E-state index in [9.17, 15) is 9.59 Å². The Morgan fingerprint density at radius 3 is 2.53 bits per heavy atom. The van der Waals surface area contributed by atoms with Crippen LogP contribution in [-0.2, 0) is 16.0 Å². The number of ether oxygens (including phenoxy) is 1. The molecule has 1 aromatic carbocycles. The smallest absolute Gasteiger partial charge is 0.337 e. The molecule has 5 heteroatoms.